The Hall–Kier alpha value is -1.76. The number of hydrogen-bond acceptors (Lipinski definition) is 4. The van der Waals surface area contributed by atoms with Gasteiger partial charge >= 0.3 is 0 Å². The number of aliphatic hydroxyl groups is 1. The van der Waals surface area contributed by atoms with Crippen molar-refractivity contribution in [2.45, 2.75) is 26.1 Å². The fourth-order valence-corrected chi connectivity index (χ4v) is 2.95. The number of carbonyl (C=O) groups is 1. The zero-order valence-electron chi connectivity index (χ0n) is 13.0. The Kier molecular flexibility index (Phi) is 6.70. The van der Waals surface area contributed by atoms with Crippen molar-refractivity contribution in [1.29, 1.82) is 0 Å². The SMILES string of the molecule is C[C@H](C(=O)NCc1ccccc1F)N(CCO)Cc1ccsc1. The van der Waals surface area contributed by atoms with Crippen molar-refractivity contribution in [3.05, 3.63) is 58.0 Å². The van der Waals surface area contributed by atoms with Crippen LogP contribution in [0.5, 0.6) is 0 Å². The molecule has 1 amide bonds. The van der Waals surface area contributed by atoms with E-state index in [1.807, 2.05) is 21.7 Å². The number of amides is 1. The van der Waals surface area contributed by atoms with Gasteiger partial charge in [0.25, 0.3) is 0 Å². The second-order valence-corrected chi connectivity index (χ2v) is 6.09. The van der Waals surface area contributed by atoms with Crippen molar-refractivity contribution in [3.63, 3.8) is 0 Å². The summed E-state index contributed by atoms with van der Waals surface area (Å²) in [6.45, 7) is 2.93. The van der Waals surface area contributed by atoms with Gasteiger partial charge in [-0.25, -0.2) is 4.39 Å². The van der Waals surface area contributed by atoms with Crippen LogP contribution in [0.15, 0.2) is 41.1 Å². The highest BCUT2D eigenvalue weighted by atomic mass is 32.1. The molecule has 23 heavy (non-hydrogen) atoms. The van der Waals surface area contributed by atoms with Crippen LogP contribution in [-0.2, 0) is 17.9 Å². The van der Waals surface area contributed by atoms with Crippen LogP contribution < -0.4 is 5.32 Å². The van der Waals surface area contributed by atoms with Gasteiger partial charge in [0.05, 0.1) is 12.6 Å². The minimum absolute atomic E-state index is 0.0188. The number of halogens is 1. The quantitative estimate of drug-likeness (QED) is 0.778. The lowest BCUT2D eigenvalue weighted by Gasteiger charge is -2.27. The van der Waals surface area contributed by atoms with Crippen LogP contribution in [0, 0.1) is 5.82 Å². The molecule has 2 rings (SSSR count). The monoisotopic (exact) mass is 336 g/mol. The molecular formula is C17H21FN2O2S. The average molecular weight is 336 g/mol. The van der Waals surface area contributed by atoms with Gasteiger partial charge in [-0.1, -0.05) is 18.2 Å². The molecule has 0 aliphatic rings. The molecule has 0 unspecified atom stereocenters. The van der Waals surface area contributed by atoms with Crippen LogP contribution in [-0.4, -0.2) is 35.1 Å². The number of nitrogens with zero attached hydrogens (tertiary/aromatic N) is 1. The molecule has 2 aromatic rings. The summed E-state index contributed by atoms with van der Waals surface area (Å²) in [6.07, 6.45) is 0. The third kappa shape index (κ3) is 5.13. The maximum Gasteiger partial charge on any atom is 0.237 e. The van der Waals surface area contributed by atoms with E-state index in [9.17, 15) is 14.3 Å². The Morgan fingerprint density at radius 2 is 2.17 bits per heavy atom. The Morgan fingerprint density at radius 1 is 1.39 bits per heavy atom. The fraction of sp³-hybridized carbons (Fsp3) is 0.353. The van der Waals surface area contributed by atoms with E-state index in [-0.39, 0.29) is 24.9 Å². The van der Waals surface area contributed by atoms with Crippen molar-refractivity contribution in [2.75, 3.05) is 13.2 Å². The highest BCUT2D eigenvalue weighted by molar-refractivity contribution is 7.07. The average Bonchev–Trinajstić information content (AvgIpc) is 3.06. The zero-order valence-corrected chi connectivity index (χ0v) is 13.9. The molecule has 0 aliphatic carbocycles. The minimum Gasteiger partial charge on any atom is -0.395 e. The first-order valence-corrected chi connectivity index (χ1v) is 8.43. The summed E-state index contributed by atoms with van der Waals surface area (Å²) >= 11 is 1.60. The molecule has 124 valence electrons. The third-order valence-corrected chi connectivity index (χ3v) is 4.42. The predicted molar refractivity (Wildman–Crippen MR) is 89.5 cm³/mol. The van der Waals surface area contributed by atoms with Gasteiger partial charge in [-0.05, 0) is 35.4 Å². The third-order valence-electron chi connectivity index (χ3n) is 3.69. The Morgan fingerprint density at radius 3 is 2.83 bits per heavy atom. The molecule has 2 N–H and O–H groups in total. The van der Waals surface area contributed by atoms with Crippen LogP contribution in [0.25, 0.3) is 0 Å². The summed E-state index contributed by atoms with van der Waals surface area (Å²) in [7, 11) is 0. The standard InChI is InChI=1S/C17H21FN2O2S/c1-13(20(7-8-21)11-14-6-9-23-12-14)17(22)19-10-15-4-2-3-5-16(15)18/h2-6,9,12-13,21H,7-8,10-11H2,1H3,(H,19,22)/t13-/m1/s1. The highest BCUT2D eigenvalue weighted by Crippen LogP contribution is 2.12. The normalized spacial score (nSPS) is 12.3. The summed E-state index contributed by atoms with van der Waals surface area (Å²) in [6, 6.07) is 7.97. The number of thiophene rings is 1. The van der Waals surface area contributed by atoms with Gasteiger partial charge in [0, 0.05) is 25.2 Å². The smallest absolute Gasteiger partial charge is 0.237 e. The van der Waals surface area contributed by atoms with Crippen molar-refractivity contribution in [1.82, 2.24) is 10.2 Å². The van der Waals surface area contributed by atoms with Crippen LogP contribution in [0.2, 0.25) is 0 Å². The predicted octanol–water partition coefficient (Wildman–Crippen LogP) is 2.39. The van der Waals surface area contributed by atoms with Gasteiger partial charge in [-0.3, -0.25) is 9.69 Å². The van der Waals surface area contributed by atoms with Crippen LogP contribution in [0.3, 0.4) is 0 Å². The number of nitrogens with one attached hydrogen (secondary N) is 1. The maximum atomic E-state index is 13.6. The first kappa shape index (κ1) is 17.6. The molecule has 0 aliphatic heterocycles. The molecule has 1 heterocycles. The van der Waals surface area contributed by atoms with Gasteiger partial charge in [-0.15, -0.1) is 0 Å². The summed E-state index contributed by atoms with van der Waals surface area (Å²) in [4.78, 5) is 14.2. The van der Waals surface area contributed by atoms with E-state index in [0.29, 0.717) is 18.7 Å². The highest BCUT2D eigenvalue weighted by Gasteiger charge is 2.21. The first-order chi connectivity index (χ1) is 11.1. The van der Waals surface area contributed by atoms with Gasteiger partial charge in [0.1, 0.15) is 5.82 Å². The number of carbonyl (C=O) groups excluding carboxylic acids is 1. The molecule has 4 nitrogen and oxygen atoms in total. The molecule has 0 bridgehead atoms. The number of hydrogen-bond donors (Lipinski definition) is 2. The lowest BCUT2D eigenvalue weighted by molar-refractivity contribution is -0.126. The van der Waals surface area contributed by atoms with Crippen molar-refractivity contribution < 1.29 is 14.3 Å². The van der Waals surface area contributed by atoms with E-state index in [4.69, 9.17) is 0 Å². The van der Waals surface area contributed by atoms with E-state index in [0.717, 1.165) is 5.56 Å². The Bertz CT molecular complexity index is 619. The maximum absolute atomic E-state index is 13.6. The molecule has 1 aromatic heterocycles. The van der Waals surface area contributed by atoms with E-state index in [1.54, 1.807) is 36.5 Å². The van der Waals surface area contributed by atoms with Gasteiger partial charge in [0.2, 0.25) is 5.91 Å². The minimum atomic E-state index is -0.408. The lowest BCUT2D eigenvalue weighted by Crippen LogP contribution is -2.45. The lowest BCUT2D eigenvalue weighted by atomic mass is 10.2. The summed E-state index contributed by atoms with van der Waals surface area (Å²) in [5, 5.41) is 16.0. The number of rotatable bonds is 8. The van der Waals surface area contributed by atoms with Crippen molar-refractivity contribution in [2.24, 2.45) is 0 Å². The number of benzene rings is 1. The summed E-state index contributed by atoms with van der Waals surface area (Å²) in [5.74, 6) is -0.511. The molecule has 1 aromatic carbocycles. The Balaban J connectivity index is 1.94. The number of aliphatic hydroxyl groups excluding tert-OH is 1. The van der Waals surface area contributed by atoms with Crippen LogP contribution >= 0.6 is 11.3 Å². The molecule has 0 radical (unpaired) electrons. The van der Waals surface area contributed by atoms with E-state index >= 15 is 0 Å². The van der Waals surface area contributed by atoms with E-state index in [2.05, 4.69) is 5.32 Å². The van der Waals surface area contributed by atoms with Crippen LogP contribution in [0.4, 0.5) is 4.39 Å². The topological polar surface area (TPSA) is 52.6 Å². The van der Waals surface area contributed by atoms with E-state index < -0.39 is 6.04 Å². The first-order valence-electron chi connectivity index (χ1n) is 7.49. The van der Waals surface area contributed by atoms with E-state index in [1.165, 1.54) is 6.07 Å². The van der Waals surface area contributed by atoms with Gasteiger partial charge in [-0.2, -0.15) is 11.3 Å². The molecule has 6 heteroatoms. The fourth-order valence-electron chi connectivity index (χ4n) is 2.29. The second-order valence-electron chi connectivity index (χ2n) is 5.31. The largest absolute Gasteiger partial charge is 0.395 e. The van der Waals surface area contributed by atoms with Crippen LogP contribution in [0.1, 0.15) is 18.1 Å². The van der Waals surface area contributed by atoms with Crippen molar-refractivity contribution >= 4 is 17.2 Å². The van der Waals surface area contributed by atoms with Crippen molar-refractivity contribution in [3.8, 4) is 0 Å². The molecule has 0 saturated carbocycles. The van der Waals surface area contributed by atoms with Gasteiger partial charge in [0.15, 0.2) is 0 Å². The molecule has 1 atom stereocenters. The van der Waals surface area contributed by atoms with Gasteiger partial charge < -0.3 is 10.4 Å². The second kappa shape index (κ2) is 8.76. The molecule has 0 spiro atoms. The summed E-state index contributed by atoms with van der Waals surface area (Å²) in [5.41, 5.74) is 1.57. The summed E-state index contributed by atoms with van der Waals surface area (Å²) < 4.78 is 13.6. The molecular weight excluding hydrogens is 315 g/mol. The Labute approximate surface area is 139 Å². The zero-order chi connectivity index (χ0) is 16.7. The molecule has 0 saturated heterocycles. The molecule has 0 fully saturated rings.